The fraction of sp³-hybridized carbons (Fsp3) is 0.571. The standard InChI is InChI=1S/C14H24N2/c1-4-14(15)11-16(12(2)3)10-13-8-6-5-7-9-13/h5-9,12,14H,4,10-11,15H2,1-3H3/t14-/m1/s1. The first kappa shape index (κ1) is 13.2. The van der Waals surface area contributed by atoms with E-state index in [1.54, 1.807) is 0 Å². The molecule has 1 rings (SSSR count). The van der Waals surface area contributed by atoms with Crippen LogP contribution in [0.3, 0.4) is 0 Å². The molecular formula is C14H24N2. The van der Waals surface area contributed by atoms with Gasteiger partial charge in [-0.25, -0.2) is 0 Å². The van der Waals surface area contributed by atoms with Crippen molar-refractivity contribution in [2.45, 2.75) is 45.8 Å². The highest BCUT2D eigenvalue weighted by atomic mass is 15.2. The zero-order valence-electron chi connectivity index (χ0n) is 10.7. The van der Waals surface area contributed by atoms with Gasteiger partial charge in [-0.05, 0) is 25.8 Å². The molecule has 2 nitrogen and oxygen atoms in total. The van der Waals surface area contributed by atoms with Gasteiger partial charge in [0.2, 0.25) is 0 Å². The summed E-state index contributed by atoms with van der Waals surface area (Å²) in [7, 11) is 0. The van der Waals surface area contributed by atoms with Crippen molar-refractivity contribution in [3.63, 3.8) is 0 Å². The summed E-state index contributed by atoms with van der Waals surface area (Å²) in [5, 5.41) is 0. The predicted octanol–water partition coefficient (Wildman–Crippen LogP) is 2.63. The normalized spacial score (nSPS) is 13.4. The zero-order chi connectivity index (χ0) is 12.0. The minimum atomic E-state index is 0.283. The zero-order valence-corrected chi connectivity index (χ0v) is 10.7. The molecule has 0 bridgehead atoms. The molecule has 0 spiro atoms. The molecule has 0 aliphatic carbocycles. The van der Waals surface area contributed by atoms with Crippen LogP contribution in [0.5, 0.6) is 0 Å². The van der Waals surface area contributed by atoms with Crippen molar-refractivity contribution in [1.82, 2.24) is 4.90 Å². The second-order valence-electron chi connectivity index (χ2n) is 4.68. The Kier molecular flexibility index (Phi) is 5.50. The van der Waals surface area contributed by atoms with Crippen LogP contribution in [0.25, 0.3) is 0 Å². The van der Waals surface area contributed by atoms with Gasteiger partial charge in [0.05, 0.1) is 0 Å². The van der Waals surface area contributed by atoms with Crippen molar-refractivity contribution in [3.8, 4) is 0 Å². The summed E-state index contributed by atoms with van der Waals surface area (Å²) in [5.41, 5.74) is 7.38. The van der Waals surface area contributed by atoms with Gasteiger partial charge in [-0.1, -0.05) is 37.3 Å². The van der Waals surface area contributed by atoms with E-state index in [1.807, 2.05) is 0 Å². The number of nitrogens with zero attached hydrogens (tertiary/aromatic N) is 1. The van der Waals surface area contributed by atoms with Gasteiger partial charge in [-0.2, -0.15) is 0 Å². The van der Waals surface area contributed by atoms with Gasteiger partial charge in [-0.3, -0.25) is 4.90 Å². The quantitative estimate of drug-likeness (QED) is 0.798. The lowest BCUT2D eigenvalue weighted by Crippen LogP contribution is -2.40. The van der Waals surface area contributed by atoms with Crippen LogP contribution in [-0.2, 0) is 6.54 Å². The van der Waals surface area contributed by atoms with Crippen LogP contribution in [0.2, 0.25) is 0 Å². The van der Waals surface area contributed by atoms with Gasteiger partial charge in [0, 0.05) is 25.2 Å². The lowest BCUT2D eigenvalue weighted by Gasteiger charge is -2.29. The SMILES string of the molecule is CC[C@@H](N)CN(Cc1ccccc1)C(C)C. The molecule has 0 saturated carbocycles. The Morgan fingerprint density at radius 3 is 2.31 bits per heavy atom. The van der Waals surface area contributed by atoms with E-state index in [0.717, 1.165) is 19.5 Å². The monoisotopic (exact) mass is 220 g/mol. The molecule has 90 valence electrons. The van der Waals surface area contributed by atoms with Gasteiger partial charge in [0.15, 0.2) is 0 Å². The molecule has 1 aromatic rings. The first-order chi connectivity index (χ1) is 7.63. The molecule has 0 fully saturated rings. The molecule has 1 aromatic carbocycles. The molecule has 0 saturated heterocycles. The predicted molar refractivity (Wildman–Crippen MR) is 70.3 cm³/mol. The van der Waals surface area contributed by atoms with Gasteiger partial charge in [0.1, 0.15) is 0 Å². The van der Waals surface area contributed by atoms with Crippen molar-refractivity contribution in [3.05, 3.63) is 35.9 Å². The summed E-state index contributed by atoms with van der Waals surface area (Å²) in [5.74, 6) is 0. The molecular weight excluding hydrogens is 196 g/mol. The van der Waals surface area contributed by atoms with E-state index in [4.69, 9.17) is 5.73 Å². The number of rotatable bonds is 6. The Hall–Kier alpha value is -0.860. The van der Waals surface area contributed by atoms with Crippen molar-refractivity contribution in [2.24, 2.45) is 5.73 Å². The van der Waals surface area contributed by atoms with E-state index >= 15 is 0 Å². The summed E-state index contributed by atoms with van der Waals surface area (Å²) in [4.78, 5) is 2.43. The van der Waals surface area contributed by atoms with Crippen LogP contribution in [-0.4, -0.2) is 23.5 Å². The van der Waals surface area contributed by atoms with Gasteiger partial charge < -0.3 is 5.73 Å². The molecule has 0 unspecified atom stereocenters. The fourth-order valence-corrected chi connectivity index (χ4v) is 1.71. The second-order valence-corrected chi connectivity index (χ2v) is 4.68. The van der Waals surface area contributed by atoms with E-state index in [9.17, 15) is 0 Å². The Morgan fingerprint density at radius 2 is 1.81 bits per heavy atom. The third-order valence-electron chi connectivity index (χ3n) is 2.95. The molecule has 1 atom stereocenters. The van der Waals surface area contributed by atoms with Crippen LogP contribution < -0.4 is 5.73 Å². The van der Waals surface area contributed by atoms with Gasteiger partial charge in [0.25, 0.3) is 0 Å². The van der Waals surface area contributed by atoms with E-state index < -0.39 is 0 Å². The maximum atomic E-state index is 6.02. The Bertz CT molecular complexity index is 282. The van der Waals surface area contributed by atoms with E-state index in [0.29, 0.717) is 6.04 Å². The average Bonchev–Trinajstić information content (AvgIpc) is 2.29. The highest BCUT2D eigenvalue weighted by Gasteiger charge is 2.12. The summed E-state index contributed by atoms with van der Waals surface area (Å²) < 4.78 is 0. The second kappa shape index (κ2) is 6.66. The van der Waals surface area contributed by atoms with E-state index in [-0.39, 0.29) is 6.04 Å². The van der Waals surface area contributed by atoms with Crippen molar-refractivity contribution < 1.29 is 0 Å². The van der Waals surface area contributed by atoms with Gasteiger partial charge in [-0.15, -0.1) is 0 Å². The summed E-state index contributed by atoms with van der Waals surface area (Å²) in [6, 6.07) is 11.4. The largest absolute Gasteiger partial charge is 0.327 e. The van der Waals surface area contributed by atoms with Crippen LogP contribution in [0.15, 0.2) is 30.3 Å². The van der Waals surface area contributed by atoms with Crippen molar-refractivity contribution >= 4 is 0 Å². The number of hydrogen-bond acceptors (Lipinski definition) is 2. The molecule has 0 aromatic heterocycles. The summed E-state index contributed by atoms with van der Waals surface area (Å²) in [6.45, 7) is 8.57. The molecule has 2 N–H and O–H groups in total. The first-order valence-corrected chi connectivity index (χ1v) is 6.17. The van der Waals surface area contributed by atoms with Crippen LogP contribution in [0.1, 0.15) is 32.8 Å². The smallest absolute Gasteiger partial charge is 0.0237 e. The summed E-state index contributed by atoms with van der Waals surface area (Å²) in [6.07, 6.45) is 1.04. The van der Waals surface area contributed by atoms with Crippen molar-refractivity contribution in [2.75, 3.05) is 6.54 Å². The molecule has 0 radical (unpaired) electrons. The maximum Gasteiger partial charge on any atom is 0.0237 e. The van der Waals surface area contributed by atoms with Crippen LogP contribution in [0.4, 0.5) is 0 Å². The molecule has 16 heavy (non-hydrogen) atoms. The third kappa shape index (κ3) is 4.33. The Balaban J connectivity index is 2.58. The van der Waals surface area contributed by atoms with Crippen molar-refractivity contribution in [1.29, 1.82) is 0 Å². The summed E-state index contributed by atoms with van der Waals surface area (Å²) >= 11 is 0. The average molecular weight is 220 g/mol. The van der Waals surface area contributed by atoms with Crippen LogP contribution >= 0.6 is 0 Å². The molecule has 0 aliphatic heterocycles. The lowest BCUT2D eigenvalue weighted by molar-refractivity contribution is 0.198. The fourth-order valence-electron chi connectivity index (χ4n) is 1.71. The highest BCUT2D eigenvalue weighted by molar-refractivity contribution is 5.14. The third-order valence-corrected chi connectivity index (χ3v) is 2.95. The number of nitrogens with two attached hydrogens (primary N) is 1. The lowest BCUT2D eigenvalue weighted by atomic mass is 10.1. The Morgan fingerprint density at radius 1 is 1.19 bits per heavy atom. The minimum absolute atomic E-state index is 0.283. The topological polar surface area (TPSA) is 29.3 Å². The van der Waals surface area contributed by atoms with E-state index in [1.165, 1.54) is 5.56 Å². The number of hydrogen-bond donors (Lipinski definition) is 1. The highest BCUT2D eigenvalue weighted by Crippen LogP contribution is 2.09. The first-order valence-electron chi connectivity index (χ1n) is 6.17. The molecule has 0 amide bonds. The van der Waals surface area contributed by atoms with Crippen LogP contribution in [0, 0.1) is 0 Å². The molecule has 0 heterocycles. The maximum absolute atomic E-state index is 6.02. The van der Waals surface area contributed by atoms with E-state index in [2.05, 4.69) is 56.0 Å². The minimum Gasteiger partial charge on any atom is -0.327 e. The molecule has 2 heteroatoms. The number of benzene rings is 1. The van der Waals surface area contributed by atoms with Gasteiger partial charge >= 0.3 is 0 Å². The Labute approximate surface area is 99.5 Å². The molecule has 0 aliphatic rings.